The predicted octanol–water partition coefficient (Wildman–Crippen LogP) is 3.79. The van der Waals surface area contributed by atoms with Gasteiger partial charge in [0, 0.05) is 31.2 Å². The smallest absolute Gasteiger partial charge is 0.253 e. The van der Waals surface area contributed by atoms with Gasteiger partial charge in [-0.2, -0.15) is 0 Å². The van der Waals surface area contributed by atoms with Crippen molar-refractivity contribution in [3.8, 4) is 0 Å². The van der Waals surface area contributed by atoms with Gasteiger partial charge in [0.05, 0.1) is 29.0 Å². The lowest BCUT2D eigenvalue weighted by molar-refractivity contribution is -0.00546. The minimum absolute atomic E-state index is 0.122. The Morgan fingerprint density at radius 2 is 1.90 bits per heavy atom. The summed E-state index contributed by atoms with van der Waals surface area (Å²) in [7, 11) is 0. The highest BCUT2D eigenvalue weighted by atomic mass is 16.5. The molecule has 0 spiro atoms. The molecule has 0 saturated carbocycles. The Bertz CT molecular complexity index is 1050. The third kappa shape index (κ3) is 4.44. The van der Waals surface area contributed by atoms with E-state index in [2.05, 4.69) is 40.1 Å². The monoisotopic (exact) mass is 404 g/mol. The zero-order valence-corrected chi connectivity index (χ0v) is 18.0. The fourth-order valence-electron chi connectivity index (χ4n) is 3.97. The van der Waals surface area contributed by atoms with E-state index in [4.69, 9.17) is 4.74 Å². The number of hydrogen-bond acceptors (Lipinski definition) is 5. The van der Waals surface area contributed by atoms with Crippen LogP contribution in [0.15, 0.2) is 42.6 Å². The standard InChI is InChI=1S/C24H28N4O2/c1-15-5-7-22-20(9-15)10-21(18(4)27-22)24(29)26-12-19-6-8-23(25-11-19)28-13-16(2)30-17(3)14-28/h5-11,16-17H,12-14H2,1-4H3,(H,26,29). The molecule has 1 amide bonds. The van der Waals surface area contributed by atoms with E-state index in [1.54, 1.807) is 0 Å². The summed E-state index contributed by atoms with van der Waals surface area (Å²) in [6.45, 7) is 10.2. The first kappa shape index (κ1) is 20.3. The van der Waals surface area contributed by atoms with Gasteiger partial charge >= 0.3 is 0 Å². The SMILES string of the molecule is Cc1ccc2nc(C)c(C(=O)NCc3ccc(N4CC(C)OC(C)C4)nc3)cc2c1. The number of ether oxygens (including phenoxy) is 1. The average Bonchev–Trinajstić information content (AvgIpc) is 2.71. The highest BCUT2D eigenvalue weighted by Crippen LogP contribution is 2.20. The number of nitrogens with one attached hydrogen (secondary N) is 1. The fourth-order valence-corrected chi connectivity index (χ4v) is 3.97. The first-order valence-electron chi connectivity index (χ1n) is 10.4. The molecule has 0 radical (unpaired) electrons. The van der Waals surface area contributed by atoms with E-state index in [1.807, 2.05) is 50.4 Å². The maximum absolute atomic E-state index is 12.8. The zero-order chi connectivity index (χ0) is 21.3. The van der Waals surface area contributed by atoms with Crippen LogP contribution in [0.4, 0.5) is 5.82 Å². The quantitative estimate of drug-likeness (QED) is 0.717. The average molecular weight is 405 g/mol. The van der Waals surface area contributed by atoms with Crippen LogP contribution >= 0.6 is 0 Å². The topological polar surface area (TPSA) is 67.4 Å². The second-order valence-corrected chi connectivity index (χ2v) is 8.19. The second kappa shape index (κ2) is 8.40. The van der Waals surface area contributed by atoms with Crippen LogP contribution in [0.5, 0.6) is 0 Å². The number of benzene rings is 1. The summed E-state index contributed by atoms with van der Waals surface area (Å²) < 4.78 is 5.79. The number of aryl methyl sites for hydroxylation is 2. The first-order chi connectivity index (χ1) is 14.4. The van der Waals surface area contributed by atoms with E-state index in [9.17, 15) is 4.79 Å². The molecule has 0 aliphatic carbocycles. The minimum atomic E-state index is -0.122. The Hall–Kier alpha value is -2.99. The second-order valence-electron chi connectivity index (χ2n) is 8.19. The lowest BCUT2D eigenvalue weighted by Gasteiger charge is -2.36. The highest BCUT2D eigenvalue weighted by Gasteiger charge is 2.23. The largest absolute Gasteiger partial charge is 0.372 e. The summed E-state index contributed by atoms with van der Waals surface area (Å²) in [5.41, 5.74) is 4.35. The maximum atomic E-state index is 12.8. The van der Waals surface area contributed by atoms with Crippen molar-refractivity contribution in [2.45, 2.75) is 46.4 Å². The third-order valence-corrected chi connectivity index (χ3v) is 5.41. The van der Waals surface area contributed by atoms with Crippen molar-refractivity contribution >= 4 is 22.6 Å². The Balaban J connectivity index is 1.43. The fraction of sp³-hybridized carbons (Fsp3) is 0.375. The van der Waals surface area contributed by atoms with Crippen molar-refractivity contribution < 1.29 is 9.53 Å². The zero-order valence-electron chi connectivity index (χ0n) is 18.0. The van der Waals surface area contributed by atoms with Crippen LogP contribution in [0.1, 0.15) is 41.0 Å². The Labute approximate surface area is 177 Å². The Morgan fingerprint density at radius 1 is 1.13 bits per heavy atom. The van der Waals surface area contributed by atoms with Gasteiger partial charge in [-0.3, -0.25) is 9.78 Å². The molecule has 6 heteroatoms. The van der Waals surface area contributed by atoms with Gasteiger partial charge in [-0.05, 0) is 57.5 Å². The number of carbonyl (C=O) groups is 1. The number of carbonyl (C=O) groups excluding carboxylic acids is 1. The molecule has 2 aromatic heterocycles. The van der Waals surface area contributed by atoms with Crippen LogP contribution in [-0.2, 0) is 11.3 Å². The Kier molecular flexibility index (Phi) is 5.68. The van der Waals surface area contributed by atoms with Crippen molar-refractivity contribution in [3.05, 3.63) is 65.0 Å². The normalized spacial score (nSPS) is 19.1. The van der Waals surface area contributed by atoms with E-state index >= 15 is 0 Å². The van der Waals surface area contributed by atoms with Gasteiger partial charge in [0.1, 0.15) is 5.82 Å². The number of aromatic nitrogens is 2. The van der Waals surface area contributed by atoms with Gasteiger partial charge in [-0.25, -0.2) is 4.98 Å². The van der Waals surface area contributed by atoms with Crippen LogP contribution in [0.2, 0.25) is 0 Å². The number of nitrogens with zero attached hydrogens (tertiary/aromatic N) is 3. The van der Waals surface area contributed by atoms with E-state index in [1.165, 1.54) is 0 Å². The molecule has 1 aromatic carbocycles. The molecule has 3 heterocycles. The molecule has 30 heavy (non-hydrogen) atoms. The van der Waals surface area contributed by atoms with E-state index < -0.39 is 0 Å². The molecular weight excluding hydrogens is 376 g/mol. The summed E-state index contributed by atoms with van der Waals surface area (Å²) in [6, 6.07) is 12.0. The molecule has 1 fully saturated rings. The molecule has 4 rings (SSSR count). The molecule has 0 bridgehead atoms. The van der Waals surface area contributed by atoms with Gasteiger partial charge < -0.3 is 15.0 Å². The van der Waals surface area contributed by atoms with Crippen LogP contribution in [0.25, 0.3) is 10.9 Å². The number of anilines is 1. The predicted molar refractivity (Wildman–Crippen MR) is 119 cm³/mol. The van der Waals surface area contributed by atoms with Gasteiger partial charge in [-0.15, -0.1) is 0 Å². The number of rotatable bonds is 4. The van der Waals surface area contributed by atoms with Crippen LogP contribution < -0.4 is 10.2 Å². The third-order valence-electron chi connectivity index (χ3n) is 5.41. The van der Waals surface area contributed by atoms with E-state index in [0.29, 0.717) is 12.1 Å². The van der Waals surface area contributed by atoms with E-state index in [0.717, 1.165) is 46.6 Å². The van der Waals surface area contributed by atoms with Crippen molar-refractivity contribution in [2.75, 3.05) is 18.0 Å². The van der Waals surface area contributed by atoms with Crippen LogP contribution in [0.3, 0.4) is 0 Å². The molecule has 1 saturated heterocycles. The molecule has 2 atom stereocenters. The van der Waals surface area contributed by atoms with Crippen molar-refractivity contribution in [1.82, 2.24) is 15.3 Å². The molecule has 6 nitrogen and oxygen atoms in total. The summed E-state index contributed by atoms with van der Waals surface area (Å²) in [5.74, 6) is 0.820. The summed E-state index contributed by atoms with van der Waals surface area (Å²) in [4.78, 5) is 24.2. The van der Waals surface area contributed by atoms with Gasteiger partial charge in [-0.1, -0.05) is 17.7 Å². The first-order valence-corrected chi connectivity index (χ1v) is 10.4. The molecular formula is C24H28N4O2. The lowest BCUT2D eigenvalue weighted by atomic mass is 10.1. The Morgan fingerprint density at radius 3 is 2.60 bits per heavy atom. The summed E-state index contributed by atoms with van der Waals surface area (Å²) in [5, 5.41) is 3.97. The van der Waals surface area contributed by atoms with Crippen molar-refractivity contribution in [3.63, 3.8) is 0 Å². The lowest BCUT2D eigenvalue weighted by Crippen LogP contribution is -2.45. The molecule has 156 valence electrons. The van der Waals surface area contributed by atoms with Gasteiger partial charge in [0.25, 0.3) is 5.91 Å². The molecule has 3 aromatic rings. The number of morpholine rings is 1. The van der Waals surface area contributed by atoms with E-state index in [-0.39, 0.29) is 18.1 Å². The number of pyridine rings is 2. The molecule has 1 aliphatic rings. The van der Waals surface area contributed by atoms with Gasteiger partial charge in [0.2, 0.25) is 0 Å². The van der Waals surface area contributed by atoms with Crippen LogP contribution in [0, 0.1) is 13.8 Å². The van der Waals surface area contributed by atoms with Crippen molar-refractivity contribution in [2.24, 2.45) is 0 Å². The highest BCUT2D eigenvalue weighted by molar-refractivity contribution is 5.98. The van der Waals surface area contributed by atoms with Gasteiger partial charge in [0.15, 0.2) is 0 Å². The molecule has 2 unspecified atom stereocenters. The van der Waals surface area contributed by atoms with Crippen LogP contribution in [-0.4, -0.2) is 41.2 Å². The number of amides is 1. The number of fused-ring (bicyclic) bond motifs is 1. The minimum Gasteiger partial charge on any atom is -0.372 e. The molecule has 1 aliphatic heterocycles. The maximum Gasteiger partial charge on any atom is 0.253 e. The summed E-state index contributed by atoms with van der Waals surface area (Å²) in [6.07, 6.45) is 2.21. The van der Waals surface area contributed by atoms with Crippen molar-refractivity contribution in [1.29, 1.82) is 0 Å². The number of hydrogen-bond donors (Lipinski definition) is 1. The molecule has 1 N–H and O–H groups in total. The summed E-state index contributed by atoms with van der Waals surface area (Å²) >= 11 is 0.